The number of rotatable bonds is 6. The molecule has 1 heterocycles. The minimum absolute atomic E-state index is 0.117. The summed E-state index contributed by atoms with van der Waals surface area (Å²) in [6.07, 6.45) is 1.98. The first-order chi connectivity index (χ1) is 8.69. The molecule has 0 saturated carbocycles. The summed E-state index contributed by atoms with van der Waals surface area (Å²) in [7, 11) is 1.76. The Kier molecular flexibility index (Phi) is 6.69. The fraction of sp³-hybridized carbons (Fsp3) is 0.846. The van der Waals surface area contributed by atoms with Gasteiger partial charge in [0.15, 0.2) is 0 Å². The van der Waals surface area contributed by atoms with Gasteiger partial charge in [-0.3, -0.25) is 9.69 Å². The van der Waals surface area contributed by atoms with Gasteiger partial charge in [0.05, 0.1) is 25.7 Å². The van der Waals surface area contributed by atoms with Crippen LogP contribution in [-0.4, -0.2) is 61.6 Å². The number of ether oxygens (including phenoxy) is 1. The number of amides is 1. The first-order valence-corrected chi connectivity index (χ1v) is 6.61. The van der Waals surface area contributed by atoms with Crippen LogP contribution in [0.3, 0.4) is 0 Å². The van der Waals surface area contributed by atoms with Gasteiger partial charge in [-0.2, -0.15) is 5.26 Å². The number of nitriles is 1. The van der Waals surface area contributed by atoms with Crippen LogP contribution in [-0.2, 0) is 9.53 Å². The molecule has 5 heteroatoms. The van der Waals surface area contributed by atoms with Crippen molar-refractivity contribution in [3.05, 3.63) is 0 Å². The molecule has 1 aliphatic heterocycles. The number of nitrogens with zero attached hydrogens (tertiary/aromatic N) is 3. The lowest BCUT2D eigenvalue weighted by atomic mass is 10.1. The third kappa shape index (κ3) is 4.63. The molecule has 0 aliphatic carbocycles. The van der Waals surface area contributed by atoms with Crippen LogP contribution in [0.2, 0.25) is 0 Å². The second-order valence-electron chi connectivity index (χ2n) is 4.65. The van der Waals surface area contributed by atoms with Gasteiger partial charge in [0.25, 0.3) is 0 Å². The third-order valence-corrected chi connectivity index (χ3v) is 3.42. The van der Waals surface area contributed by atoms with Crippen LogP contribution in [0.5, 0.6) is 0 Å². The lowest BCUT2D eigenvalue weighted by molar-refractivity contribution is -0.130. The van der Waals surface area contributed by atoms with E-state index >= 15 is 0 Å². The van der Waals surface area contributed by atoms with E-state index in [0.717, 1.165) is 32.7 Å². The van der Waals surface area contributed by atoms with Crippen LogP contribution in [0, 0.1) is 11.3 Å². The topological polar surface area (TPSA) is 56.6 Å². The molecule has 0 spiro atoms. The van der Waals surface area contributed by atoms with Crippen molar-refractivity contribution in [1.82, 2.24) is 9.80 Å². The van der Waals surface area contributed by atoms with E-state index in [1.807, 2.05) is 0 Å². The lowest BCUT2D eigenvalue weighted by Gasteiger charge is -2.35. The Balaban J connectivity index is 2.30. The van der Waals surface area contributed by atoms with Crippen molar-refractivity contribution in [3.8, 4) is 6.07 Å². The third-order valence-electron chi connectivity index (χ3n) is 3.42. The first kappa shape index (κ1) is 14.9. The highest BCUT2D eigenvalue weighted by atomic mass is 16.5. The summed E-state index contributed by atoms with van der Waals surface area (Å²) < 4.78 is 5.44. The molecular formula is C13H23N3O2. The fourth-order valence-electron chi connectivity index (χ4n) is 2.13. The van der Waals surface area contributed by atoms with Crippen molar-refractivity contribution in [2.45, 2.75) is 32.2 Å². The molecular weight excluding hydrogens is 230 g/mol. The van der Waals surface area contributed by atoms with Crippen LogP contribution in [0.1, 0.15) is 26.2 Å². The zero-order valence-electron chi connectivity index (χ0n) is 11.4. The number of hydrogen-bond donors (Lipinski definition) is 0. The zero-order valence-corrected chi connectivity index (χ0v) is 11.4. The van der Waals surface area contributed by atoms with Crippen molar-refractivity contribution in [1.29, 1.82) is 5.26 Å². The van der Waals surface area contributed by atoms with Gasteiger partial charge in [0, 0.05) is 39.1 Å². The second kappa shape index (κ2) is 8.06. The van der Waals surface area contributed by atoms with Crippen LogP contribution in [0.15, 0.2) is 0 Å². The molecule has 0 N–H and O–H groups in total. The van der Waals surface area contributed by atoms with Gasteiger partial charge in [-0.15, -0.1) is 0 Å². The Morgan fingerprint density at radius 3 is 3.06 bits per heavy atom. The Labute approximate surface area is 109 Å². The van der Waals surface area contributed by atoms with Crippen molar-refractivity contribution < 1.29 is 9.53 Å². The SMILES string of the molecule is CCC1COCCN1CCC(=O)N(C)CCC#N. The van der Waals surface area contributed by atoms with E-state index in [9.17, 15) is 4.79 Å². The van der Waals surface area contributed by atoms with Gasteiger partial charge in [-0.1, -0.05) is 6.92 Å². The molecule has 1 atom stereocenters. The maximum absolute atomic E-state index is 11.8. The normalized spacial score (nSPS) is 20.4. The molecule has 1 fully saturated rings. The largest absolute Gasteiger partial charge is 0.378 e. The summed E-state index contributed by atoms with van der Waals surface area (Å²) in [5, 5.41) is 8.49. The van der Waals surface area contributed by atoms with Gasteiger partial charge in [-0.25, -0.2) is 0 Å². The van der Waals surface area contributed by atoms with E-state index in [4.69, 9.17) is 10.00 Å². The molecule has 0 aromatic rings. The number of morpholine rings is 1. The molecule has 18 heavy (non-hydrogen) atoms. The van der Waals surface area contributed by atoms with Gasteiger partial charge < -0.3 is 9.64 Å². The second-order valence-corrected chi connectivity index (χ2v) is 4.65. The number of carbonyl (C=O) groups excluding carboxylic acids is 1. The minimum Gasteiger partial charge on any atom is -0.378 e. The van der Waals surface area contributed by atoms with E-state index in [2.05, 4.69) is 17.9 Å². The van der Waals surface area contributed by atoms with E-state index in [-0.39, 0.29) is 5.91 Å². The summed E-state index contributed by atoms with van der Waals surface area (Å²) in [6, 6.07) is 2.50. The maximum atomic E-state index is 11.8. The van der Waals surface area contributed by atoms with Gasteiger partial charge in [-0.05, 0) is 6.42 Å². The van der Waals surface area contributed by atoms with Crippen LogP contribution in [0.25, 0.3) is 0 Å². The maximum Gasteiger partial charge on any atom is 0.223 e. The molecule has 5 nitrogen and oxygen atoms in total. The monoisotopic (exact) mass is 253 g/mol. The Bertz CT molecular complexity index is 301. The molecule has 102 valence electrons. The minimum atomic E-state index is 0.117. The number of hydrogen-bond acceptors (Lipinski definition) is 4. The van der Waals surface area contributed by atoms with Gasteiger partial charge >= 0.3 is 0 Å². The predicted molar refractivity (Wildman–Crippen MR) is 69.0 cm³/mol. The molecule has 0 radical (unpaired) electrons. The Hall–Kier alpha value is -1.12. The molecule has 0 aromatic heterocycles. The molecule has 1 amide bonds. The predicted octanol–water partition coefficient (Wildman–Crippen LogP) is 0.859. The summed E-state index contributed by atoms with van der Waals surface area (Å²) in [5.74, 6) is 0.117. The smallest absolute Gasteiger partial charge is 0.223 e. The summed E-state index contributed by atoms with van der Waals surface area (Å²) >= 11 is 0. The first-order valence-electron chi connectivity index (χ1n) is 6.61. The summed E-state index contributed by atoms with van der Waals surface area (Å²) in [4.78, 5) is 15.8. The zero-order chi connectivity index (χ0) is 13.4. The average Bonchev–Trinajstić information content (AvgIpc) is 2.42. The molecule has 1 rings (SSSR count). The van der Waals surface area contributed by atoms with Crippen molar-refractivity contribution in [3.63, 3.8) is 0 Å². The lowest BCUT2D eigenvalue weighted by Crippen LogP contribution is -2.46. The van der Waals surface area contributed by atoms with E-state index in [1.54, 1.807) is 11.9 Å². The molecule has 0 aromatic carbocycles. The Morgan fingerprint density at radius 2 is 2.39 bits per heavy atom. The van der Waals surface area contributed by atoms with Gasteiger partial charge in [0.1, 0.15) is 0 Å². The standard InChI is InChI=1S/C13H23N3O2/c1-3-12-11-18-10-9-16(12)8-5-13(17)15(2)7-4-6-14/h12H,3-5,7-11H2,1-2H3. The highest BCUT2D eigenvalue weighted by Gasteiger charge is 2.22. The molecule has 0 bridgehead atoms. The summed E-state index contributed by atoms with van der Waals surface area (Å²) in [5.41, 5.74) is 0. The molecule has 1 aliphatic rings. The summed E-state index contributed by atoms with van der Waals surface area (Å²) in [6.45, 7) is 5.90. The molecule has 1 saturated heterocycles. The van der Waals surface area contributed by atoms with Crippen molar-refractivity contribution in [2.75, 3.05) is 39.9 Å². The quantitative estimate of drug-likeness (QED) is 0.704. The number of carbonyl (C=O) groups is 1. The van der Waals surface area contributed by atoms with E-state index < -0.39 is 0 Å². The Morgan fingerprint density at radius 1 is 1.61 bits per heavy atom. The van der Waals surface area contributed by atoms with Crippen LogP contribution < -0.4 is 0 Å². The van der Waals surface area contributed by atoms with Crippen LogP contribution in [0.4, 0.5) is 0 Å². The highest BCUT2D eigenvalue weighted by molar-refractivity contribution is 5.76. The highest BCUT2D eigenvalue weighted by Crippen LogP contribution is 2.10. The van der Waals surface area contributed by atoms with E-state index in [0.29, 0.717) is 25.4 Å². The molecule has 1 unspecified atom stereocenters. The van der Waals surface area contributed by atoms with E-state index in [1.165, 1.54) is 0 Å². The van der Waals surface area contributed by atoms with Crippen molar-refractivity contribution in [2.24, 2.45) is 0 Å². The van der Waals surface area contributed by atoms with Crippen LogP contribution >= 0.6 is 0 Å². The van der Waals surface area contributed by atoms with Gasteiger partial charge in [0.2, 0.25) is 5.91 Å². The average molecular weight is 253 g/mol. The van der Waals surface area contributed by atoms with Crippen molar-refractivity contribution >= 4 is 5.91 Å². The fourth-order valence-corrected chi connectivity index (χ4v) is 2.13.